The van der Waals surface area contributed by atoms with Crippen LogP contribution < -0.4 is 5.73 Å². The number of H-pyrrole nitrogens is 1. The van der Waals surface area contributed by atoms with Gasteiger partial charge in [-0.25, -0.2) is 0 Å². The zero-order valence-corrected chi connectivity index (χ0v) is 10.7. The van der Waals surface area contributed by atoms with Crippen LogP contribution in [0.15, 0.2) is 22.7 Å². The number of hydrogen-bond acceptors (Lipinski definition) is 1. The lowest BCUT2D eigenvalue weighted by Gasteiger charge is -2.07. The van der Waals surface area contributed by atoms with Crippen LogP contribution in [-0.4, -0.2) is 4.98 Å². The van der Waals surface area contributed by atoms with E-state index in [0.29, 0.717) is 0 Å². The lowest BCUT2D eigenvalue weighted by Crippen LogP contribution is -2.10. The molecule has 1 aromatic carbocycles. The first-order valence-electron chi connectivity index (χ1n) is 5.81. The standard InChI is InChI=1S/C13H15BrN2/c14-8-5-6-12-10(7-8)9-3-1-2-4-11(15)13(9)16-12/h5-7,11,16H,1-4,15H2/t11-/m0/s1. The van der Waals surface area contributed by atoms with Gasteiger partial charge in [0.1, 0.15) is 0 Å². The Kier molecular flexibility index (Phi) is 2.52. The maximum absolute atomic E-state index is 6.21. The summed E-state index contributed by atoms with van der Waals surface area (Å²) in [4.78, 5) is 3.49. The molecule has 2 nitrogen and oxygen atoms in total. The van der Waals surface area contributed by atoms with Crippen molar-refractivity contribution in [2.45, 2.75) is 31.7 Å². The zero-order valence-electron chi connectivity index (χ0n) is 9.09. The molecule has 1 aliphatic rings. The number of fused-ring (bicyclic) bond motifs is 3. The average Bonchev–Trinajstić information content (AvgIpc) is 2.52. The van der Waals surface area contributed by atoms with Crippen molar-refractivity contribution in [1.82, 2.24) is 4.98 Å². The van der Waals surface area contributed by atoms with Gasteiger partial charge in [0.05, 0.1) is 0 Å². The third-order valence-electron chi connectivity index (χ3n) is 3.46. The van der Waals surface area contributed by atoms with E-state index < -0.39 is 0 Å². The number of nitrogens with two attached hydrogens (primary N) is 1. The molecule has 0 bridgehead atoms. The summed E-state index contributed by atoms with van der Waals surface area (Å²) >= 11 is 3.53. The van der Waals surface area contributed by atoms with E-state index in [0.717, 1.165) is 17.3 Å². The Labute approximate surface area is 103 Å². The van der Waals surface area contributed by atoms with Crippen molar-refractivity contribution < 1.29 is 0 Å². The van der Waals surface area contributed by atoms with Crippen LogP contribution in [0.25, 0.3) is 10.9 Å². The second kappa shape index (κ2) is 3.90. The van der Waals surface area contributed by atoms with Crippen LogP contribution in [0.2, 0.25) is 0 Å². The fraction of sp³-hybridized carbons (Fsp3) is 0.385. The van der Waals surface area contributed by atoms with Gasteiger partial charge in [-0.1, -0.05) is 22.4 Å². The first-order valence-corrected chi connectivity index (χ1v) is 6.60. The van der Waals surface area contributed by atoms with Gasteiger partial charge in [0.2, 0.25) is 0 Å². The van der Waals surface area contributed by atoms with Crippen LogP contribution >= 0.6 is 15.9 Å². The van der Waals surface area contributed by atoms with Gasteiger partial charge in [-0.3, -0.25) is 0 Å². The molecule has 1 atom stereocenters. The Morgan fingerprint density at radius 3 is 3.06 bits per heavy atom. The predicted octanol–water partition coefficient (Wildman–Crippen LogP) is 3.66. The minimum absolute atomic E-state index is 0.184. The first kappa shape index (κ1) is 10.4. The number of halogens is 1. The van der Waals surface area contributed by atoms with Crippen LogP contribution in [0.5, 0.6) is 0 Å². The topological polar surface area (TPSA) is 41.8 Å². The van der Waals surface area contributed by atoms with E-state index in [9.17, 15) is 0 Å². The summed E-state index contributed by atoms with van der Waals surface area (Å²) in [7, 11) is 0. The quantitative estimate of drug-likeness (QED) is 0.710. The maximum atomic E-state index is 6.21. The van der Waals surface area contributed by atoms with Gasteiger partial charge in [-0.15, -0.1) is 0 Å². The molecule has 0 spiro atoms. The van der Waals surface area contributed by atoms with E-state index in [1.54, 1.807) is 0 Å². The molecule has 0 saturated heterocycles. The zero-order chi connectivity index (χ0) is 11.1. The molecule has 0 radical (unpaired) electrons. The summed E-state index contributed by atoms with van der Waals surface area (Å²) in [6, 6.07) is 6.58. The SMILES string of the molecule is N[C@H]1CCCCc2c1[nH]c1ccc(Br)cc21. The van der Waals surface area contributed by atoms with Gasteiger partial charge >= 0.3 is 0 Å². The minimum Gasteiger partial charge on any atom is -0.357 e. The molecule has 0 fully saturated rings. The van der Waals surface area contributed by atoms with Crippen LogP contribution in [0.3, 0.4) is 0 Å². The van der Waals surface area contributed by atoms with Crippen molar-refractivity contribution in [3.05, 3.63) is 33.9 Å². The Morgan fingerprint density at radius 1 is 1.31 bits per heavy atom. The van der Waals surface area contributed by atoms with Crippen LogP contribution in [-0.2, 0) is 6.42 Å². The van der Waals surface area contributed by atoms with Gasteiger partial charge in [0.25, 0.3) is 0 Å². The number of aromatic amines is 1. The van der Waals surface area contributed by atoms with Crippen molar-refractivity contribution in [3.63, 3.8) is 0 Å². The summed E-state index contributed by atoms with van der Waals surface area (Å²) in [5.41, 5.74) is 10.1. The Morgan fingerprint density at radius 2 is 2.19 bits per heavy atom. The molecule has 16 heavy (non-hydrogen) atoms. The minimum atomic E-state index is 0.184. The normalized spacial score (nSPS) is 20.8. The molecule has 1 aromatic heterocycles. The molecule has 3 heteroatoms. The van der Waals surface area contributed by atoms with Gasteiger partial charge in [0, 0.05) is 27.1 Å². The highest BCUT2D eigenvalue weighted by atomic mass is 79.9. The monoisotopic (exact) mass is 278 g/mol. The van der Waals surface area contributed by atoms with Crippen molar-refractivity contribution in [2.75, 3.05) is 0 Å². The van der Waals surface area contributed by atoms with Crippen LogP contribution in [0.4, 0.5) is 0 Å². The van der Waals surface area contributed by atoms with Gasteiger partial charge in [0.15, 0.2) is 0 Å². The van der Waals surface area contributed by atoms with Crippen molar-refractivity contribution in [2.24, 2.45) is 5.73 Å². The number of nitrogens with one attached hydrogen (secondary N) is 1. The molecule has 1 heterocycles. The highest BCUT2D eigenvalue weighted by Gasteiger charge is 2.19. The van der Waals surface area contributed by atoms with E-state index in [4.69, 9.17) is 5.73 Å². The molecule has 0 unspecified atom stereocenters. The highest BCUT2D eigenvalue weighted by Crippen LogP contribution is 2.33. The predicted molar refractivity (Wildman–Crippen MR) is 70.5 cm³/mol. The van der Waals surface area contributed by atoms with Crippen LogP contribution in [0.1, 0.15) is 36.6 Å². The van der Waals surface area contributed by atoms with Crippen molar-refractivity contribution in [3.8, 4) is 0 Å². The Bertz CT molecular complexity index is 530. The third kappa shape index (κ3) is 1.59. The second-order valence-corrected chi connectivity index (χ2v) is 5.48. The molecule has 3 rings (SSSR count). The van der Waals surface area contributed by atoms with E-state index in [1.807, 2.05) is 0 Å². The molecule has 2 aromatic rings. The number of benzene rings is 1. The third-order valence-corrected chi connectivity index (χ3v) is 3.96. The van der Waals surface area contributed by atoms with Gasteiger partial charge in [-0.2, -0.15) is 0 Å². The smallest absolute Gasteiger partial charge is 0.0460 e. The number of aryl methyl sites for hydroxylation is 1. The maximum Gasteiger partial charge on any atom is 0.0460 e. The molecule has 0 amide bonds. The van der Waals surface area contributed by atoms with Gasteiger partial charge in [-0.05, 0) is 43.0 Å². The molecular formula is C13H15BrN2. The van der Waals surface area contributed by atoms with Crippen LogP contribution in [0, 0.1) is 0 Å². The van der Waals surface area contributed by atoms with Crippen molar-refractivity contribution in [1.29, 1.82) is 0 Å². The molecule has 3 N–H and O–H groups in total. The Hall–Kier alpha value is -0.800. The molecule has 0 saturated carbocycles. The molecular weight excluding hydrogens is 264 g/mol. The second-order valence-electron chi connectivity index (χ2n) is 4.56. The fourth-order valence-electron chi connectivity index (χ4n) is 2.64. The van der Waals surface area contributed by atoms with E-state index in [1.165, 1.54) is 35.0 Å². The lowest BCUT2D eigenvalue weighted by molar-refractivity contribution is 0.606. The summed E-state index contributed by atoms with van der Waals surface area (Å²) in [5, 5.41) is 1.33. The Balaban J connectivity index is 2.26. The number of rotatable bonds is 0. The summed E-state index contributed by atoms with van der Waals surface area (Å²) in [5.74, 6) is 0. The van der Waals surface area contributed by atoms with E-state index in [-0.39, 0.29) is 6.04 Å². The summed E-state index contributed by atoms with van der Waals surface area (Å²) < 4.78 is 1.14. The molecule has 1 aliphatic carbocycles. The van der Waals surface area contributed by atoms with Crippen molar-refractivity contribution >= 4 is 26.8 Å². The molecule has 84 valence electrons. The number of aromatic nitrogens is 1. The average molecular weight is 279 g/mol. The van der Waals surface area contributed by atoms with E-state index >= 15 is 0 Å². The summed E-state index contributed by atoms with van der Waals surface area (Å²) in [6.07, 6.45) is 4.74. The largest absolute Gasteiger partial charge is 0.357 e. The molecule has 0 aliphatic heterocycles. The number of hydrogen-bond donors (Lipinski definition) is 2. The lowest BCUT2D eigenvalue weighted by atomic mass is 10.1. The first-order chi connectivity index (χ1) is 7.75. The van der Waals surface area contributed by atoms with Gasteiger partial charge < -0.3 is 10.7 Å². The summed E-state index contributed by atoms with van der Waals surface area (Å²) in [6.45, 7) is 0. The highest BCUT2D eigenvalue weighted by molar-refractivity contribution is 9.10. The van der Waals surface area contributed by atoms with E-state index in [2.05, 4.69) is 39.1 Å². The fourth-order valence-corrected chi connectivity index (χ4v) is 3.00.